The average Bonchev–Trinajstić information content (AvgIpc) is 2.13. The van der Waals surface area contributed by atoms with Gasteiger partial charge in [-0.1, -0.05) is 22.6 Å². The summed E-state index contributed by atoms with van der Waals surface area (Å²) in [5, 5.41) is 8.98. The number of hydrogen-bond donors (Lipinski definition) is 1. The van der Waals surface area contributed by atoms with Gasteiger partial charge in [-0.05, 0) is 0 Å². The van der Waals surface area contributed by atoms with Gasteiger partial charge < -0.3 is 9.84 Å². The fraction of sp³-hybridized carbons (Fsp3) is 1.00. The van der Waals surface area contributed by atoms with Crippen molar-refractivity contribution in [3.8, 4) is 0 Å². The van der Waals surface area contributed by atoms with E-state index in [4.69, 9.17) is 9.84 Å². The molecule has 0 aromatic carbocycles. The van der Waals surface area contributed by atoms with Crippen LogP contribution < -0.4 is 0 Å². The van der Waals surface area contributed by atoms with Crippen LogP contribution in [0.4, 0.5) is 0 Å². The summed E-state index contributed by atoms with van der Waals surface area (Å²) in [5.41, 5.74) is 0. The summed E-state index contributed by atoms with van der Waals surface area (Å²) in [7, 11) is 0. The highest BCUT2D eigenvalue weighted by molar-refractivity contribution is 14.1. The molecule has 0 spiro atoms. The van der Waals surface area contributed by atoms with Crippen molar-refractivity contribution in [1.29, 1.82) is 0 Å². The summed E-state index contributed by atoms with van der Waals surface area (Å²) in [6.07, 6.45) is -0.443. The molecular weight excluding hydrogens is 219 g/mol. The zero-order valence-electron chi connectivity index (χ0n) is 4.25. The van der Waals surface area contributed by atoms with Crippen LogP contribution in [0.15, 0.2) is 0 Å². The average molecular weight is 226 g/mol. The minimum absolute atomic E-state index is 0.443. The van der Waals surface area contributed by atoms with Gasteiger partial charge in [-0.2, -0.15) is 0 Å². The maximum absolute atomic E-state index is 8.98. The standard InChI is InChI=1S/C5H7IO2/c6-4-2-1-8-5(7)3(2)4/h2-5,7H,1H2/t2-,3-,4-,5-/m0/s1. The molecule has 0 aromatic heterocycles. The lowest BCUT2D eigenvalue weighted by Crippen LogP contribution is -2.11. The highest BCUT2D eigenvalue weighted by Crippen LogP contribution is 2.52. The molecule has 0 amide bonds. The molecule has 2 nitrogen and oxygen atoms in total. The van der Waals surface area contributed by atoms with Gasteiger partial charge in [0.25, 0.3) is 0 Å². The van der Waals surface area contributed by atoms with Gasteiger partial charge in [-0.3, -0.25) is 0 Å². The van der Waals surface area contributed by atoms with Crippen LogP contribution in [0.3, 0.4) is 0 Å². The van der Waals surface area contributed by atoms with Gasteiger partial charge in [0.2, 0.25) is 0 Å². The number of hydrogen-bond acceptors (Lipinski definition) is 2. The van der Waals surface area contributed by atoms with E-state index >= 15 is 0 Å². The van der Waals surface area contributed by atoms with E-state index in [1.54, 1.807) is 0 Å². The molecule has 1 saturated carbocycles. The molecule has 1 aliphatic carbocycles. The van der Waals surface area contributed by atoms with E-state index in [2.05, 4.69) is 22.6 Å². The van der Waals surface area contributed by atoms with E-state index in [9.17, 15) is 0 Å². The summed E-state index contributed by atoms with van der Waals surface area (Å²) in [6, 6.07) is 0. The van der Waals surface area contributed by atoms with E-state index in [1.807, 2.05) is 0 Å². The quantitative estimate of drug-likeness (QED) is 0.478. The summed E-state index contributed by atoms with van der Waals surface area (Å²) in [5.74, 6) is 1.14. The van der Waals surface area contributed by atoms with Crippen molar-refractivity contribution < 1.29 is 9.84 Å². The molecule has 0 bridgehead atoms. The maximum Gasteiger partial charge on any atom is 0.158 e. The van der Waals surface area contributed by atoms with Gasteiger partial charge >= 0.3 is 0 Å². The molecule has 1 N–H and O–H groups in total. The maximum atomic E-state index is 8.98. The Hall–Kier alpha value is 0.650. The first kappa shape index (κ1) is 5.44. The smallest absolute Gasteiger partial charge is 0.158 e. The highest BCUT2D eigenvalue weighted by Gasteiger charge is 2.57. The minimum atomic E-state index is -0.443. The molecule has 0 aromatic rings. The molecule has 0 radical (unpaired) electrons. The minimum Gasteiger partial charge on any atom is -0.368 e. The Morgan fingerprint density at radius 1 is 1.62 bits per heavy atom. The Balaban J connectivity index is 2.07. The number of alkyl halides is 1. The highest BCUT2D eigenvalue weighted by atomic mass is 127. The fourth-order valence-corrected chi connectivity index (χ4v) is 2.59. The van der Waals surface area contributed by atoms with Crippen LogP contribution in [0.5, 0.6) is 0 Å². The van der Waals surface area contributed by atoms with Crippen molar-refractivity contribution in [3.63, 3.8) is 0 Å². The summed E-state index contributed by atoms with van der Waals surface area (Å²) in [6.45, 7) is 0.777. The number of aliphatic hydroxyl groups is 1. The molecule has 46 valence electrons. The van der Waals surface area contributed by atoms with Crippen LogP contribution in [0, 0.1) is 11.8 Å². The van der Waals surface area contributed by atoms with E-state index in [-0.39, 0.29) is 0 Å². The molecule has 0 unspecified atom stereocenters. The van der Waals surface area contributed by atoms with Gasteiger partial charge in [-0.15, -0.1) is 0 Å². The predicted octanol–water partition coefficient (Wildman–Crippen LogP) is 0.385. The van der Waals surface area contributed by atoms with Crippen LogP contribution in [-0.2, 0) is 4.74 Å². The molecule has 2 rings (SSSR count). The van der Waals surface area contributed by atoms with Crippen molar-refractivity contribution in [3.05, 3.63) is 0 Å². The lowest BCUT2D eigenvalue weighted by Gasteiger charge is -2.03. The number of fused-ring (bicyclic) bond motifs is 1. The van der Waals surface area contributed by atoms with Gasteiger partial charge in [0.05, 0.1) is 6.61 Å². The first-order valence-electron chi connectivity index (χ1n) is 2.74. The molecule has 1 aliphatic heterocycles. The van der Waals surface area contributed by atoms with Gasteiger partial charge in [-0.25, -0.2) is 0 Å². The summed E-state index contributed by atoms with van der Waals surface area (Å²) < 4.78 is 5.63. The summed E-state index contributed by atoms with van der Waals surface area (Å²) >= 11 is 2.37. The van der Waals surface area contributed by atoms with Gasteiger partial charge in [0.15, 0.2) is 6.29 Å². The number of rotatable bonds is 0. The second-order valence-electron chi connectivity index (χ2n) is 2.41. The zero-order chi connectivity index (χ0) is 5.72. The molecule has 1 saturated heterocycles. The monoisotopic (exact) mass is 226 g/mol. The third kappa shape index (κ3) is 0.550. The molecule has 2 aliphatic rings. The van der Waals surface area contributed by atoms with E-state index in [1.165, 1.54) is 0 Å². The molecule has 8 heavy (non-hydrogen) atoms. The van der Waals surface area contributed by atoms with Crippen LogP contribution in [0.1, 0.15) is 0 Å². The lowest BCUT2D eigenvalue weighted by atomic mass is 10.4. The molecule has 3 heteroatoms. The van der Waals surface area contributed by atoms with Gasteiger partial charge in [0, 0.05) is 15.8 Å². The van der Waals surface area contributed by atoms with Crippen LogP contribution in [0.25, 0.3) is 0 Å². The topological polar surface area (TPSA) is 29.5 Å². The molecular formula is C5H7IO2. The first-order chi connectivity index (χ1) is 3.80. The fourth-order valence-electron chi connectivity index (χ4n) is 1.25. The Kier molecular flexibility index (Phi) is 1.07. The van der Waals surface area contributed by atoms with E-state index in [0.717, 1.165) is 6.61 Å². The van der Waals surface area contributed by atoms with Crippen molar-refractivity contribution in [1.82, 2.24) is 0 Å². The zero-order valence-corrected chi connectivity index (χ0v) is 6.41. The Labute approximate surface area is 61.4 Å². The number of ether oxygens (including phenoxy) is 1. The Morgan fingerprint density at radius 2 is 2.38 bits per heavy atom. The predicted molar refractivity (Wildman–Crippen MR) is 36.7 cm³/mol. The Morgan fingerprint density at radius 3 is 2.62 bits per heavy atom. The van der Waals surface area contributed by atoms with E-state index in [0.29, 0.717) is 15.8 Å². The van der Waals surface area contributed by atoms with Crippen molar-refractivity contribution in [2.45, 2.75) is 10.2 Å². The lowest BCUT2D eigenvalue weighted by molar-refractivity contribution is -0.0803. The number of halogens is 1. The second kappa shape index (κ2) is 1.58. The normalized spacial score (nSPS) is 60.8. The van der Waals surface area contributed by atoms with Gasteiger partial charge in [0.1, 0.15) is 0 Å². The summed E-state index contributed by atoms with van der Waals surface area (Å²) in [4.78, 5) is 0. The van der Waals surface area contributed by atoms with Crippen LogP contribution >= 0.6 is 22.6 Å². The molecule has 1 heterocycles. The van der Waals surface area contributed by atoms with Crippen LogP contribution in [0.2, 0.25) is 0 Å². The SMILES string of the molecule is O[C@H]1OC[C@@H]2[C@H](I)[C@H]21. The van der Waals surface area contributed by atoms with Crippen molar-refractivity contribution in [2.75, 3.05) is 6.61 Å². The molecule has 2 fully saturated rings. The first-order valence-corrected chi connectivity index (χ1v) is 3.99. The van der Waals surface area contributed by atoms with Crippen molar-refractivity contribution in [2.24, 2.45) is 11.8 Å². The number of aliphatic hydroxyl groups excluding tert-OH is 1. The Bertz CT molecular complexity index is 115. The third-order valence-electron chi connectivity index (χ3n) is 1.92. The molecule has 4 atom stereocenters. The largest absolute Gasteiger partial charge is 0.368 e. The van der Waals surface area contributed by atoms with Crippen LogP contribution in [-0.4, -0.2) is 21.9 Å². The van der Waals surface area contributed by atoms with E-state index < -0.39 is 6.29 Å². The second-order valence-corrected chi connectivity index (χ2v) is 3.85. The van der Waals surface area contributed by atoms with Crippen molar-refractivity contribution >= 4 is 22.6 Å². The third-order valence-corrected chi connectivity index (χ3v) is 3.67.